The van der Waals surface area contributed by atoms with E-state index < -0.39 is 0 Å². The molecule has 2 N–H and O–H groups in total. The van der Waals surface area contributed by atoms with Gasteiger partial charge in [0.25, 0.3) is 0 Å². The molecule has 1 amide bonds. The fourth-order valence-corrected chi connectivity index (χ4v) is 3.32. The summed E-state index contributed by atoms with van der Waals surface area (Å²) < 4.78 is 19.0. The predicted octanol–water partition coefficient (Wildman–Crippen LogP) is 3.08. The Morgan fingerprint density at radius 2 is 1.97 bits per heavy atom. The van der Waals surface area contributed by atoms with E-state index in [-0.39, 0.29) is 17.8 Å². The number of nitrogens with one attached hydrogen (secondary N) is 2. The van der Waals surface area contributed by atoms with Crippen LogP contribution in [0.3, 0.4) is 0 Å². The monoisotopic (exact) mass is 412 g/mol. The molecule has 1 unspecified atom stereocenters. The average Bonchev–Trinajstić information content (AvgIpc) is 3.13. The first-order valence-electron chi connectivity index (χ1n) is 10.3. The molecular formula is C23H29FN4O2. The number of rotatable bonds is 8. The summed E-state index contributed by atoms with van der Waals surface area (Å²) >= 11 is 0. The van der Waals surface area contributed by atoms with Gasteiger partial charge in [-0.2, -0.15) is 0 Å². The van der Waals surface area contributed by atoms with Crippen LogP contribution < -0.4 is 15.4 Å². The molecule has 7 heteroatoms. The minimum atomic E-state index is -0.316. The van der Waals surface area contributed by atoms with Crippen LogP contribution in [0.25, 0.3) is 0 Å². The van der Waals surface area contributed by atoms with Crippen LogP contribution in [-0.2, 0) is 17.9 Å². The summed E-state index contributed by atoms with van der Waals surface area (Å²) in [6, 6.07) is 14.4. The molecule has 1 saturated heterocycles. The molecule has 6 nitrogen and oxygen atoms in total. The molecule has 1 atom stereocenters. The Balaban J connectivity index is 1.41. The van der Waals surface area contributed by atoms with E-state index in [9.17, 15) is 9.18 Å². The third-order valence-corrected chi connectivity index (χ3v) is 4.94. The van der Waals surface area contributed by atoms with Crippen molar-refractivity contribution in [2.24, 2.45) is 4.99 Å². The molecule has 0 saturated carbocycles. The fourth-order valence-electron chi connectivity index (χ4n) is 3.32. The number of hydrogen-bond acceptors (Lipinski definition) is 3. The Hall–Kier alpha value is -3.09. The van der Waals surface area contributed by atoms with Gasteiger partial charge in [-0.3, -0.25) is 9.79 Å². The second-order valence-corrected chi connectivity index (χ2v) is 7.43. The molecule has 2 aromatic carbocycles. The Kier molecular flexibility index (Phi) is 7.65. The number of carbonyl (C=O) groups excluding carboxylic acids is 1. The number of carbonyl (C=O) groups is 1. The Labute approximate surface area is 177 Å². The van der Waals surface area contributed by atoms with E-state index in [1.54, 1.807) is 19.2 Å². The maximum atomic E-state index is 13.2. The lowest BCUT2D eigenvalue weighted by Gasteiger charge is -2.18. The van der Waals surface area contributed by atoms with Gasteiger partial charge in [-0.1, -0.05) is 30.3 Å². The zero-order chi connectivity index (χ0) is 21.3. The van der Waals surface area contributed by atoms with Crippen molar-refractivity contribution in [3.05, 3.63) is 65.5 Å². The highest BCUT2D eigenvalue weighted by atomic mass is 19.1. The number of halogens is 1. The van der Waals surface area contributed by atoms with Crippen molar-refractivity contribution in [3.8, 4) is 5.75 Å². The van der Waals surface area contributed by atoms with E-state index in [0.717, 1.165) is 24.1 Å². The molecule has 1 heterocycles. The van der Waals surface area contributed by atoms with Crippen LogP contribution >= 0.6 is 0 Å². The van der Waals surface area contributed by atoms with Gasteiger partial charge < -0.3 is 20.3 Å². The van der Waals surface area contributed by atoms with Crippen molar-refractivity contribution in [3.63, 3.8) is 0 Å². The lowest BCUT2D eigenvalue weighted by molar-refractivity contribution is -0.128. The highest BCUT2D eigenvalue weighted by Gasteiger charge is 2.19. The second kappa shape index (κ2) is 10.6. The number of hydrogen-bond donors (Lipinski definition) is 2. The number of guanidine groups is 1. The molecule has 0 spiro atoms. The van der Waals surface area contributed by atoms with Crippen LogP contribution in [0, 0.1) is 5.82 Å². The smallest absolute Gasteiger partial charge is 0.222 e. The van der Waals surface area contributed by atoms with Gasteiger partial charge in [0.15, 0.2) is 5.96 Å². The SMILES string of the molecule is CN=C(NCc1ccc(CN2CCCC2=O)cc1)NCC(C)Oc1cccc(F)c1. The Morgan fingerprint density at radius 3 is 2.63 bits per heavy atom. The molecule has 0 aliphatic carbocycles. The van der Waals surface area contributed by atoms with E-state index in [1.165, 1.54) is 12.1 Å². The number of aliphatic imine (C=N–C) groups is 1. The van der Waals surface area contributed by atoms with E-state index in [4.69, 9.17) is 4.74 Å². The first kappa shape index (κ1) is 21.6. The van der Waals surface area contributed by atoms with Crippen LogP contribution in [0.15, 0.2) is 53.5 Å². The summed E-state index contributed by atoms with van der Waals surface area (Å²) in [5.41, 5.74) is 2.26. The summed E-state index contributed by atoms with van der Waals surface area (Å²) in [4.78, 5) is 17.9. The lowest BCUT2D eigenvalue weighted by atomic mass is 10.1. The summed E-state index contributed by atoms with van der Waals surface area (Å²) in [5, 5.41) is 6.49. The molecule has 0 aromatic heterocycles. The molecule has 1 aliphatic heterocycles. The third-order valence-electron chi connectivity index (χ3n) is 4.94. The van der Waals surface area contributed by atoms with Gasteiger partial charge in [0.2, 0.25) is 5.91 Å². The molecule has 1 fully saturated rings. The number of ether oxygens (including phenoxy) is 1. The molecule has 0 radical (unpaired) electrons. The van der Waals surface area contributed by atoms with Gasteiger partial charge in [0.1, 0.15) is 17.7 Å². The Morgan fingerprint density at radius 1 is 1.20 bits per heavy atom. The van der Waals surface area contributed by atoms with Crippen LogP contribution in [-0.4, -0.2) is 43.0 Å². The van der Waals surface area contributed by atoms with E-state index in [0.29, 0.717) is 37.8 Å². The zero-order valence-corrected chi connectivity index (χ0v) is 17.5. The second-order valence-electron chi connectivity index (χ2n) is 7.43. The van der Waals surface area contributed by atoms with Crippen molar-refractivity contribution in [2.75, 3.05) is 20.1 Å². The minimum Gasteiger partial charge on any atom is -0.489 e. The van der Waals surface area contributed by atoms with E-state index >= 15 is 0 Å². The molecule has 1 aliphatic rings. The first-order chi connectivity index (χ1) is 14.5. The maximum Gasteiger partial charge on any atom is 0.222 e. The topological polar surface area (TPSA) is 66.0 Å². The minimum absolute atomic E-state index is 0.155. The summed E-state index contributed by atoms with van der Waals surface area (Å²) in [5.74, 6) is 1.09. The van der Waals surface area contributed by atoms with Gasteiger partial charge in [0, 0.05) is 39.2 Å². The summed E-state index contributed by atoms with van der Waals surface area (Å²) in [6.07, 6.45) is 1.47. The maximum absolute atomic E-state index is 13.2. The van der Waals surface area contributed by atoms with Crippen molar-refractivity contribution < 1.29 is 13.9 Å². The largest absolute Gasteiger partial charge is 0.489 e. The number of amides is 1. The quantitative estimate of drug-likeness (QED) is 0.517. The summed E-state index contributed by atoms with van der Waals surface area (Å²) in [7, 11) is 1.71. The Bertz CT molecular complexity index is 870. The van der Waals surface area contributed by atoms with E-state index in [2.05, 4.69) is 39.9 Å². The highest BCUT2D eigenvalue weighted by molar-refractivity contribution is 5.79. The molecule has 3 rings (SSSR count). The van der Waals surface area contributed by atoms with Gasteiger partial charge in [0.05, 0.1) is 6.54 Å². The standard InChI is InChI=1S/C23H29FN4O2/c1-17(30-21-6-3-5-20(24)13-21)14-26-23(25-2)27-15-18-8-10-19(11-9-18)16-28-12-4-7-22(28)29/h3,5-6,8-11,13,17H,4,7,12,14-16H2,1-2H3,(H2,25,26,27). The normalized spacial score (nSPS) is 15.2. The van der Waals surface area contributed by atoms with Gasteiger partial charge in [-0.25, -0.2) is 4.39 Å². The number of likely N-dealkylation sites (tertiary alicyclic amines) is 1. The molecule has 160 valence electrons. The summed E-state index contributed by atoms with van der Waals surface area (Å²) in [6.45, 7) is 4.60. The van der Waals surface area contributed by atoms with E-state index in [1.807, 2.05) is 11.8 Å². The first-order valence-corrected chi connectivity index (χ1v) is 10.3. The van der Waals surface area contributed by atoms with Crippen molar-refractivity contribution in [1.82, 2.24) is 15.5 Å². The predicted molar refractivity (Wildman–Crippen MR) is 116 cm³/mol. The highest BCUT2D eigenvalue weighted by Crippen LogP contribution is 2.15. The fraction of sp³-hybridized carbons (Fsp3) is 0.391. The van der Waals surface area contributed by atoms with Crippen molar-refractivity contribution in [1.29, 1.82) is 0 Å². The van der Waals surface area contributed by atoms with Crippen LogP contribution in [0.2, 0.25) is 0 Å². The molecular weight excluding hydrogens is 383 g/mol. The number of benzene rings is 2. The van der Waals surface area contributed by atoms with Crippen LogP contribution in [0.4, 0.5) is 4.39 Å². The molecule has 2 aromatic rings. The van der Waals surface area contributed by atoms with Crippen LogP contribution in [0.1, 0.15) is 30.9 Å². The van der Waals surface area contributed by atoms with Crippen molar-refractivity contribution in [2.45, 2.75) is 39.0 Å². The van der Waals surface area contributed by atoms with Gasteiger partial charge >= 0.3 is 0 Å². The van der Waals surface area contributed by atoms with Gasteiger partial charge in [-0.05, 0) is 36.6 Å². The zero-order valence-electron chi connectivity index (χ0n) is 17.5. The van der Waals surface area contributed by atoms with Crippen LogP contribution in [0.5, 0.6) is 5.75 Å². The third kappa shape index (κ3) is 6.47. The molecule has 30 heavy (non-hydrogen) atoms. The van der Waals surface area contributed by atoms with Gasteiger partial charge in [-0.15, -0.1) is 0 Å². The average molecular weight is 413 g/mol. The lowest BCUT2D eigenvalue weighted by Crippen LogP contribution is -2.41. The molecule has 0 bridgehead atoms. The van der Waals surface area contributed by atoms with Crippen molar-refractivity contribution >= 4 is 11.9 Å². The number of nitrogens with zero attached hydrogens (tertiary/aromatic N) is 2.